The van der Waals surface area contributed by atoms with Gasteiger partial charge >= 0.3 is 5.97 Å². The van der Waals surface area contributed by atoms with Crippen molar-refractivity contribution >= 4 is 17.6 Å². The van der Waals surface area contributed by atoms with Crippen LogP contribution in [0.4, 0.5) is 5.69 Å². The zero-order valence-electron chi connectivity index (χ0n) is 15.2. The lowest BCUT2D eigenvalue weighted by Crippen LogP contribution is -2.39. The normalized spacial score (nSPS) is 11.4. The van der Waals surface area contributed by atoms with E-state index >= 15 is 0 Å². The molecule has 1 aromatic carbocycles. The standard InChI is InChI=1S/C18H24N2O7/c1-3-11-27-17(21)10-7-15(12-26-13-25-4-2)19-18(22)14-5-8-16(9-6-14)20(23)24/h3,5-6,8-9,15H,1,4,7,10-13H2,2H3,(H,19,22). The summed E-state index contributed by atoms with van der Waals surface area (Å²) in [6, 6.07) is 4.78. The van der Waals surface area contributed by atoms with E-state index in [9.17, 15) is 19.7 Å². The number of nitrogens with zero attached hydrogens (tertiary/aromatic N) is 1. The van der Waals surface area contributed by atoms with Crippen LogP contribution in [-0.4, -0.2) is 49.5 Å². The summed E-state index contributed by atoms with van der Waals surface area (Å²) in [4.78, 5) is 34.1. The van der Waals surface area contributed by atoms with E-state index in [0.29, 0.717) is 13.0 Å². The third-order valence-corrected chi connectivity index (χ3v) is 3.42. The fourth-order valence-electron chi connectivity index (χ4n) is 2.05. The number of carbonyl (C=O) groups excluding carboxylic acids is 2. The van der Waals surface area contributed by atoms with Crippen LogP contribution < -0.4 is 5.32 Å². The van der Waals surface area contributed by atoms with Gasteiger partial charge in [0.05, 0.1) is 17.6 Å². The van der Waals surface area contributed by atoms with Crippen LogP contribution >= 0.6 is 0 Å². The number of amides is 1. The monoisotopic (exact) mass is 380 g/mol. The van der Waals surface area contributed by atoms with Crippen LogP contribution in [-0.2, 0) is 19.0 Å². The highest BCUT2D eigenvalue weighted by Crippen LogP contribution is 2.12. The zero-order valence-corrected chi connectivity index (χ0v) is 15.2. The summed E-state index contributed by atoms with van der Waals surface area (Å²) in [6.07, 6.45) is 1.87. The highest BCUT2D eigenvalue weighted by molar-refractivity contribution is 5.94. The molecule has 0 aliphatic carbocycles. The number of carbonyl (C=O) groups is 2. The fourth-order valence-corrected chi connectivity index (χ4v) is 2.05. The van der Waals surface area contributed by atoms with Crippen LogP contribution in [0, 0.1) is 10.1 Å². The Kier molecular flexibility index (Phi) is 10.4. The Morgan fingerprint density at radius 3 is 2.59 bits per heavy atom. The third kappa shape index (κ3) is 8.93. The molecular formula is C18H24N2O7. The van der Waals surface area contributed by atoms with Crippen LogP contribution in [0.3, 0.4) is 0 Å². The summed E-state index contributed by atoms with van der Waals surface area (Å²) in [5.74, 6) is -0.830. The van der Waals surface area contributed by atoms with Gasteiger partial charge in [-0.05, 0) is 25.5 Å². The number of esters is 1. The molecule has 0 saturated heterocycles. The molecule has 1 atom stereocenters. The molecule has 0 aromatic heterocycles. The van der Waals surface area contributed by atoms with Crippen molar-refractivity contribution in [3.05, 3.63) is 52.6 Å². The average Bonchev–Trinajstić information content (AvgIpc) is 2.67. The van der Waals surface area contributed by atoms with Crippen molar-refractivity contribution in [2.75, 3.05) is 26.6 Å². The number of nitro benzene ring substituents is 1. The number of hydrogen-bond donors (Lipinski definition) is 1. The number of hydrogen-bond acceptors (Lipinski definition) is 7. The molecule has 9 nitrogen and oxygen atoms in total. The number of rotatable bonds is 13. The average molecular weight is 380 g/mol. The molecule has 0 spiro atoms. The Balaban J connectivity index is 2.63. The molecule has 0 saturated carbocycles. The molecule has 1 amide bonds. The second kappa shape index (κ2) is 12.6. The Morgan fingerprint density at radius 2 is 2.00 bits per heavy atom. The molecule has 0 fully saturated rings. The molecular weight excluding hydrogens is 356 g/mol. The van der Waals surface area contributed by atoms with Crippen molar-refractivity contribution in [1.82, 2.24) is 5.32 Å². The number of nitrogens with one attached hydrogen (secondary N) is 1. The quantitative estimate of drug-likeness (QED) is 0.139. The highest BCUT2D eigenvalue weighted by atomic mass is 16.7. The summed E-state index contributed by atoms with van der Waals surface area (Å²) in [7, 11) is 0. The van der Waals surface area contributed by atoms with Gasteiger partial charge in [-0.3, -0.25) is 19.7 Å². The predicted octanol–water partition coefficient (Wildman–Crippen LogP) is 2.21. The molecule has 1 unspecified atom stereocenters. The second-order valence-corrected chi connectivity index (χ2v) is 5.47. The highest BCUT2D eigenvalue weighted by Gasteiger charge is 2.17. The van der Waals surface area contributed by atoms with Crippen molar-refractivity contribution in [3.63, 3.8) is 0 Å². The summed E-state index contributed by atoms with van der Waals surface area (Å²) >= 11 is 0. The first-order chi connectivity index (χ1) is 13.0. The SMILES string of the molecule is C=CCOC(=O)CCC(COCOCC)NC(=O)c1ccc([N+](=O)[O-])cc1. The Morgan fingerprint density at radius 1 is 1.30 bits per heavy atom. The molecule has 9 heteroatoms. The van der Waals surface area contributed by atoms with Crippen LogP contribution in [0.5, 0.6) is 0 Å². The van der Waals surface area contributed by atoms with Gasteiger partial charge in [0.1, 0.15) is 13.4 Å². The molecule has 148 valence electrons. The molecule has 0 aliphatic rings. The van der Waals surface area contributed by atoms with E-state index in [1.54, 1.807) is 0 Å². The maximum atomic E-state index is 12.3. The van der Waals surface area contributed by atoms with Crippen molar-refractivity contribution in [2.24, 2.45) is 0 Å². The number of benzene rings is 1. The van der Waals surface area contributed by atoms with E-state index in [-0.39, 0.29) is 37.7 Å². The predicted molar refractivity (Wildman–Crippen MR) is 97.2 cm³/mol. The molecule has 0 radical (unpaired) electrons. The van der Waals surface area contributed by atoms with Gasteiger partial charge in [-0.15, -0.1) is 0 Å². The van der Waals surface area contributed by atoms with E-state index in [1.165, 1.54) is 30.3 Å². The summed E-state index contributed by atoms with van der Waals surface area (Å²) in [6.45, 7) is 6.13. The lowest BCUT2D eigenvalue weighted by atomic mass is 10.1. The van der Waals surface area contributed by atoms with E-state index in [0.717, 1.165) is 0 Å². The Hall–Kier alpha value is -2.78. The second-order valence-electron chi connectivity index (χ2n) is 5.47. The fraction of sp³-hybridized carbons (Fsp3) is 0.444. The van der Waals surface area contributed by atoms with E-state index in [2.05, 4.69) is 11.9 Å². The zero-order chi connectivity index (χ0) is 20.1. The van der Waals surface area contributed by atoms with Crippen molar-refractivity contribution in [2.45, 2.75) is 25.8 Å². The number of non-ortho nitro benzene ring substituents is 1. The first-order valence-electron chi connectivity index (χ1n) is 8.45. The molecule has 27 heavy (non-hydrogen) atoms. The van der Waals surface area contributed by atoms with E-state index < -0.39 is 22.8 Å². The van der Waals surface area contributed by atoms with Crippen LogP contribution in [0.15, 0.2) is 36.9 Å². The van der Waals surface area contributed by atoms with Gasteiger partial charge in [0, 0.05) is 30.7 Å². The minimum atomic E-state index is -0.541. The molecule has 1 N–H and O–H groups in total. The summed E-state index contributed by atoms with van der Waals surface area (Å²) in [5, 5.41) is 13.4. The van der Waals surface area contributed by atoms with Crippen molar-refractivity contribution in [1.29, 1.82) is 0 Å². The lowest BCUT2D eigenvalue weighted by molar-refractivity contribution is -0.384. The van der Waals surface area contributed by atoms with Gasteiger partial charge in [0.25, 0.3) is 11.6 Å². The molecule has 1 rings (SSSR count). The first-order valence-corrected chi connectivity index (χ1v) is 8.45. The largest absolute Gasteiger partial charge is 0.461 e. The first kappa shape index (κ1) is 22.3. The lowest BCUT2D eigenvalue weighted by Gasteiger charge is -2.18. The molecule has 0 heterocycles. The smallest absolute Gasteiger partial charge is 0.306 e. The Bertz CT molecular complexity index is 631. The van der Waals surface area contributed by atoms with Gasteiger partial charge in [-0.1, -0.05) is 12.7 Å². The van der Waals surface area contributed by atoms with Gasteiger partial charge in [0.2, 0.25) is 0 Å². The maximum Gasteiger partial charge on any atom is 0.306 e. The molecule has 1 aromatic rings. The number of ether oxygens (including phenoxy) is 3. The minimum absolute atomic E-state index is 0.0707. The molecule has 0 aliphatic heterocycles. The van der Waals surface area contributed by atoms with Gasteiger partial charge < -0.3 is 19.5 Å². The minimum Gasteiger partial charge on any atom is -0.461 e. The topological polar surface area (TPSA) is 117 Å². The van der Waals surface area contributed by atoms with Gasteiger partial charge in [-0.2, -0.15) is 0 Å². The maximum absolute atomic E-state index is 12.3. The number of nitro groups is 1. The molecule has 0 bridgehead atoms. The Labute approximate surface area is 157 Å². The van der Waals surface area contributed by atoms with Crippen LogP contribution in [0.25, 0.3) is 0 Å². The third-order valence-electron chi connectivity index (χ3n) is 3.42. The van der Waals surface area contributed by atoms with Gasteiger partial charge in [-0.25, -0.2) is 0 Å². The van der Waals surface area contributed by atoms with E-state index in [1.807, 2.05) is 6.92 Å². The summed E-state index contributed by atoms with van der Waals surface area (Å²) in [5.41, 5.74) is 0.165. The van der Waals surface area contributed by atoms with E-state index in [4.69, 9.17) is 14.2 Å². The van der Waals surface area contributed by atoms with Gasteiger partial charge in [0.15, 0.2) is 0 Å². The van der Waals surface area contributed by atoms with Crippen LogP contribution in [0.1, 0.15) is 30.1 Å². The van der Waals surface area contributed by atoms with Crippen LogP contribution in [0.2, 0.25) is 0 Å². The van der Waals surface area contributed by atoms with Crippen molar-refractivity contribution < 1.29 is 28.7 Å². The van der Waals surface area contributed by atoms with Crippen molar-refractivity contribution in [3.8, 4) is 0 Å². The summed E-state index contributed by atoms with van der Waals surface area (Å²) < 4.78 is 15.3.